The minimum atomic E-state index is -0.950. The van der Waals surface area contributed by atoms with Gasteiger partial charge in [0.25, 0.3) is 0 Å². The summed E-state index contributed by atoms with van der Waals surface area (Å²) in [6.07, 6.45) is 3.44. The van der Waals surface area contributed by atoms with Crippen LogP contribution < -0.4 is 4.90 Å². The van der Waals surface area contributed by atoms with Crippen molar-refractivity contribution in [1.82, 2.24) is 10.2 Å². The second-order valence-electron chi connectivity index (χ2n) is 5.93. The van der Waals surface area contributed by atoms with E-state index in [-0.39, 0.29) is 5.56 Å². The summed E-state index contributed by atoms with van der Waals surface area (Å²) in [5.74, 6) is 0.679. The van der Waals surface area contributed by atoms with Crippen LogP contribution in [0.1, 0.15) is 50.9 Å². The molecule has 1 N–H and O–H groups in total. The van der Waals surface area contributed by atoms with Crippen LogP contribution in [0.4, 0.5) is 5.82 Å². The molecular formula is C15H25N3O2. The summed E-state index contributed by atoms with van der Waals surface area (Å²) in [7, 11) is 0. The van der Waals surface area contributed by atoms with Gasteiger partial charge in [-0.3, -0.25) is 0 Å². The van der Waals surface area contributed by atoms with Gasteiger partial charge in [0.15, 0.2) is 5.82 Å². The fourth-order valence-electron chi connectivity index (χ4n) is 1.88. The number of carboxylic acid groups (broad SMARTS) is 1. The van der Waals surface area contributed by atoms with Crippen molar-refractivity contribution in [2.45, 2.75) is 40.5 Å². The molecule has 112 valence electrons. The third-order valence-corrected chi connectivity index (χ3v) is 3.18. The molecule has 1 aromatic rings. The Kier molecular flexibility index (Phi) is 6.42. The summed E-state index contributed by atoms with van der Waals surface area (Å²) in [5, 5.41) is 17.2. The standard InChI is InChI=1S/C15H25N3O2/c1-11(2)6-9-18(10-7-12(3)4)14-13(15(19)20)5-8-16-17-14/h5,8,11-12H,6-7,9-10H2,1-4H3,(H,19,20). The van der Waals surface area contributed by atoms with Crippen LogP contribution in [0.15, 0.2) is 12.3 Å². The number of carboxylic acids is 1. The Morgan fingerprint density at radius 2 is 1.75 bits per heavy atom. The van der Waals surface area contributed by atoms with Crippen LogP contribution in [0.5, 0.6) is 0 Å². The molecule has 0 aliphatic heterocycles. The average Bonchev–Trinajstić information content (AvgIpc) is 2.38. The minimum Gasteiger partial charge on any atom is -0.478 e. The fourth-order valence-corrected chi connectivity index (χ4v) is 1.88. The Labute approximate surface area is 121 Å². The molecule has 0 aliphatic carbocycles. The van der Waals surface area contributed by atoms with Gasteiger partial charge in [-0.05, 0) is 30.7 Å². The largest absolute Gasteiger partial charge is 0.478 e. The smallest absolute Gasteiger partial charge is 0.339 e. The topological polar surface area (TPSA) is 66.3 Å². The van der Waals surface area contributed by atoms with Gasteiger partial charge in [-0.1, -0.05) is 27.7 Å². The maximum atomic E-state index is 11.3. The second kappa shape index (κ2) is 7.82. The highest BCUT2D eigenvalue weighted by Crippen LogP contribution is 2.19. The van der Waals surface area contributed by atoms with E-state index in [9.17, 15) is 9.90 Å². The molecular weight excluding hydrogens is 254 g/mol. The van der Waals surface area contributed by atoms with Crippen LogP contribution in [0, 0.1) is 11.8 Å². The zero-order valence-electron chi connectivity index (χ0n) is 12.8. The average molecular weight is 279 g/mol. The van der Waals surface area contributed by atoms with Gasteiger partial charge in [-0.15, -0.1) is 5.10 Å². The summed E-state index contributed by atoms with van der Waals surface area (Å²) in [6.45, 7) is 10.3. The molecule has 0 unspecified atom stereocenters. The van der Waals surface area contributed by atoms with E-state index in [0.29, 0.717) is 17.7 Å². The van der Waals surface area contributed by atoms with Crippen LogP contribution in [-0.2, 0) is 0 Å². The lowest BCUT2D eigenvalue weighted by Crippen LogP contribution is -2.30. The fraction of sp³-hybridized carbons (Fsp3) is 0.667. The molecule has 1 aromatic heterocycles. The van der Waals surface area contributed by atoms with E-state index in [1.165, 1.54) is 12.3 Å². The third kappa shape index (κ3) is 5.15. The van der Waals surface area contributed by atoms with Crippen LogP contribution >= 0.6 is 0 Å². The first-order valence-corrected chi connectivity index (χ1v) is 7.21. The Morgan fingerprint density at radius 1 is 1.20 bits per heavy atom. The van der Waals surface area contributed by atoms with Gasteiger partial charge in [0.05, 0.1) is 6.20 Å². The van der Waals surface area contributed by atoms with Gasteiger partial charge in [0.2, 0.25) is 0 Å². The van der Waals surface area contributed by atoms with Gasteiger partial charge in [0.1, 0.15) is 5.56 Å². The molecule has 0 aromatic carbocycles. The second-order valence-corrected chi connectivity index (χ2v) is 5.93. The Morgan fingerprint density at radius 3 is 2.20 bits per heavy atom. The predicted molar refractivity (Wildman–Crippen MR) is 80.1 cm³/mol. The van der Waals surface area contributed by atoms with Crippen molar-refractivity contribution in [3.05, 3.63) is 17.8 Å². The normalized spacial score (nSPS) is 11.1. The molecule has 0 spiro atoms. The number of aromatic nitrogens is 2. The van der Waals surface area contributed by atoms with Crippen molar-refractivity contribution in [2.75, 3.05) is 18.0 Å². The first kappa shape index (κ1) is 16.4. The number of aromatic carboxylic acids is 1. The van der Waals surface area contributed by atoms with Gasteiger partial charge < -0.3 is 10.0 Å². The maximum Gasteiger partial charge on any atom is 0.339 e. The lowest BCUT2D eigenvalue weighted by atomic mass is 10.1. The number of anilines is 1. The third-order valence-electron chi connectivity index (χ3n) is 3.18. The van der Waals surface area contributed by atoms with E-state index in [1.807, 2.05) is 0 Å². The van der Waals surface area contributed by atoms with E-state index in [4.69, 9.17) is 0 Å². The molecule has 0 atom stereocenters. The summed E-state index contributed by atoms with van der Waals surface area (Å²) in [4.78, 5) is 13.4. The molecule has 1 rings (SSSR count). The van der Waals surface area contributed by atoms with Crippen molar-refractivity contribution in [3.63, 3.8) is 0 Å². The Hall–Kier alpha value is -1.65. The molecule has 20 heavy (non-hydrogen) atoms. The predicted octanol–water partition coefficient (Wildman–Crippen LogP) is 3.07. The lowest BCUT2D eigenvalue weighted by Gasteiger charge is -2.26. The number of rotatable bonds is 8. The molecule has 0 radical (unpaired) electrons. The zero-order valence-corrected chi connectivity index (χ0v) is 12.8. The highest BCUT2D eigenvalue weighted by molar-refractivity contribution is 5.93. The molecule has 5 heteroatoms. The first-order chi connectivity index (χ1) is 9.41. The van der Waals surface area contributed by atoms with Gasteiger partial charge in [0, 0.05) is 13.1 Å². The van der Waals surface area contributed by atoms with Gasteiger partial charge in [-0.2, -0.15) is 5.10 Å². The van der Waals surface area contributed by atoms with E-state index in [1.54, 1.807) is 0 Å². The van der Waals surface area contributed by atoms with Crippen molar-refractivity contribution >= 4 is 11.8 Å². The number of nitrogens with zero attached hydrogens (tertiary/aromatic N) is 3. The van der Waals surface area contributed by atoms with Gasteiger partial charge in [-0.25, -0.2) is 4.79 Å². The quantitative estimate of drug-likeness (QED) is 0.792. The monoisotopic (exact) mass is 279 g/mol. The maximum absolute atomic E-state index is 11.3. The van der Waals surface area contributed by atoms with E-state index >= 15 is 0 Å². The molecule has 0 saturated carbocycles. The minimum absolute atomic E-state index is 0.229. The number of carbonyl (C=O) groups is 1. The van der Waals surface area contributed by atoms with E-state index in [2.05, 4.69) is 42.8 Å². The Bertz CT molecular complexity index is 421. The van der Waals surface area contributed by atoms with E-state index in [0.717, 1.165) is 25.9 Å². The zero-order chi connectivity index (χ0) is 15.1. The summed E-state index contributed by atoms with van der Waals surface area (Å²) in [5.41, 5.74) is 0.229. The molecule has 0 aliphatic rings. The van der Waals surface area contributed by atoms with Crippen molar-refractivity contribution in [2.24, 2.45) is 11.8 Å². The van der Waals surface area contributed by atoms with Crippen LogP contribution in [0.3, 0.4) is 0 Å². The summed E-state index contributed by atoms with van der Waals surface area (Å²) in [6, 6.07) is 1.52. The van der Waals surface area contributed by atoms with Crippen LogP contribution in [-0.4, -0.2) is 34.4 Å². The SMILES string of the molecule is CC(C)CCN(CCC(C)C)c1nnccc1C(=O)O. The Balaban J connectivity index is 2.93. The highest BCUT2D eigenvalue weighted by atomic mass is 16.4. The highest BCUT2D eigenvalue weighted by Gasteiger charge is 2.18. The van der Waals surface area contributed by atoms with Gasteiger partial charge >= 0.3 is 5.97 Å². The molecule has 0 fully saturated rings. The first-order valence-electron chi connectivity index (χ1n) is 7.21. The van der Waals surface area contributed by atoms with Crippen molar-refractivity contribution < 1.29 is 9.90 Å². The van der Waals surface area contributed by atoms with Crippen molar-refractivity contribution in [1.29, 1.82) is 0 Å². The molecule has 0 bridgehead atoms. The summed E-state index contributed by atoms with van der Waals surface area (Å²) < 4.78 is 0. The lowest BCUT2D eigenvalue weighted by molar-refractivity contribution is 0.0697. The molecule has 1 heterocycles. The van der Waals surface area contributed by atoms with Crippen LogP contribution in [0.25, 0.3) is 0 Å². The number of hydrogen-bond donors (Lipinski definition) is 1. The van der Waals surface area contributed by atoms with Crippen molar-refractivity contribution in [3.8, 4) is 0 Å². The van der Waals surface area contributed by atoms with E-state index < -0.39 is 5.97 Å². The van der Waals surface area contributed by atoms with Crippen LogP contribution in [0.2, 0.25) is 0 Å². The summed E-state index contributed by atoms with van der Waals surface area (Å²) >= 11 is 0. The molecule has 0 amide bonds. The molecule has 0 saturated heterocycles. The number of hydrogen-bond acceptors (Lipinski definition) is 4. The molecule has 5 nitrogen and oxygen atoms in total.